The van der Waals surface area contributed by atoms with Gasteiger partial charge in [0, 0.05) is 23.8 Å². The minimum absolute atomic E-state index is 0.0667. The number of para-hydroxylation sites is 1. The fourth-order valence-electron chi connectivity index (χ4n) is 5.65. The van der Waals surface area contributed by atoms with Gasteiger partial charge in [-0.25, -0.2) is 0 Å². The van der Waals surface area contributed by atoms with Crippen LogP contribution in [0, 0.1) is 11.8 Å². The second-order valence-electron chi connectivity index (χ2n) is 8.11. The minimum Gasteiger partial charge on any atom is -0.504 e. The van der Waals surface area contributed by atoms with E-state index in [0.717, 1.165) is 49.2 Å². The Kier molecular flexibility index (Phi) is 4.58. The number of nitrogens with zero attached hydrogens (tertiary/aromatic N) is 1. The van der Waals surface area contributed by atoms with Crippen molar-refractivity contribution in [1.29, 1.82) is 0 Å². The summed E-state index contributed by atoms with van der Waals surface area (Å²) in [7, 11) is 1.59. The summed E-state index contributed by atoms with van der Waals surface area (Å²) < 4.78 is 5.24. The van der Waals surface area contributed by atoms with Gasteiger partial charge in [0.15, 0.2) is 5.78 Å². The van der Waals surface area contributed by atoms with Gasteiger partial charge in [-0.2, -0.15) is 0 Å². The van der Waals surface area contributed by atoms with Crippen LogP contribution >= 0.6 is 0 Å². The number of benzene rings is 1. The molecule has 144 valence electrons. The molecular formula is C22H28N2O3. The van der Waals surface area contributed by atoms with Crippen LogP contribution in [0.3, 0.4) is 0 Å². The Labute approximate surface area is 160 Å². The van der Waals surface area contributed by atoms with Gasteiger partial charge in [-0.15, -0.1) is 0 Å². The first-order valence-electron chi connectivity index (χ1n) is 9.91. The third-order valence-electron chi connectivity index (χ3n) is 6.95. The van der Waals surface area contributed by atoms with Gasteiger partial charge in [0.2, 0.25) is 5.91 Å². The average Bonchev–Trinajstić information content (AvgIpc) is 3.18. The zero-order valence-corrected chi connectivity index (χ0v) is 16.3. The lowest BCUT2D eigenvalue weighted by atomic mass is 9.67. The van der Waals surface area contributed by atoms with Crippen molar-refractivity contribution in [2.75, 3.05) is 25.5 Å². The summed E-state index contributed by atoms with van der Waals surface area (Å²) in [5.74, 6) is 0.715. The molecule has 1 unspecified atom stereocenters. The number of methoxy groups -OCH3 is 1. The molecule has 3 heterocycles. The van der Waals surface area contributed by atoms with Crippen molar-refractivity contribution in [3.63, 3.8) is 0 Å². The van der Waals surface area contributed by atoms with Crippen LogP contribution in [0.4, 0.5) is 5.69 Å². The number of hydrogen-bond donors (Lipinski definition) is 1. The van der Waals surface area contributed by atoms with Crippen molar-refractivity contribution in [3.05, 3.63) is 41.7 Å². The fourth-order valence-corrected chi connectivity index (χ4v) is 5.65. The molecule has 4 rings (SSSR count). The summed E-state index contributed by atoms with van der Waals surface area (Å²) in [6.07, 6.45) is 4.29. The lowest BCUT2D eigenvalue weighted by Gasteiger charge is -2.45. The second kappa shape index (κ2) is 6.79. The summed E-state index contributed by atoms with van der Waals surface area (Å²) in [5.41, 5.74) is 2.33. The number of nitrogens with one attached hydrogen (secondary N) is 1. The molecule has 1 spiro atoms. The Bertz CT molecular complexity index is 803. The molecule has 0 bridgehead atoms. The van der Waals surface area contributed by atoms with Crippen LogP contribution in [-0.4, -0.2) is 42.8 Å². The van der Waals surface area contributed by atoms with E-state index in [1.165, 1.54) is 0 Å². The standard InChI is InChI=1S/C22H28N2O3/c1-4-15-12-24-10-9-22(18-7-5-6-8-19(18)23-21(22)26)20(24)11-16(15)17(13-27-3)14(2)25/h5-8,13,15-16,20H,4,9-12H2,1-3H3,(H,23,26)/t15-,16+,20?,22-/m1/s1. The van der Waals surface area contributed by atoms with Crippen LogP contribution in [0.2, 0.25) is 0 Å². The number of fused-ring (bicyclic) bond motifs is 4. The molecular weight excluding hydrogens is 340 g/mol. The largest absolute Gasteiger partial charge is 0.504 e. The molecule has 2 fully saturated rings. The van der Waals surface area contributed by atoms with Gasteiger partial charge in [0.25, 0.3) is 0 Å². The summed E-state index contributed by atoms with van der Waals surface area (Å²) >= 11 is 0. The van der Waals surface area contributed by atoms with Crippen LogP contribution in [0.5, 0.6) is 0 Å². The van der Waals surface area contributed by atoms with E-state index < -0.39 is 5.41 Å². The Hall–Kier alpha value is -2.14. The molecule has 5 heteroatoms. The van der Waals surface area contributed by atoms with E-state index in [9.17, 15) is 9.59 Å². The molecule has 0 aliphatic carbocycles. The Morgan fingerprint density at radius 1 is 1.41 bits per heavy atom. The van der Waals surface area contributed by atoms with E-state index in [1.54, 1.807) is 20.3 Å². The van der Waals surface area contributed by atoms with E-state index in [-0.39, 0.29) is 23.7 Å². The maximum absolute atomic E-state index is 13.2. The number of anilines is 1. The van der Waals surface area contributed by atoms with E-state index in [4.69, 9.17) is 4.74 Å². The zero-order chi connectivity index (χ0) is 19.2. The van der Waals surface area contributed by atoms with Crippen LogP contribution in [0.15, 0.2) is 36.1 Å². The zero-order valence-electron chi connectivity index (χ0n) is 16.3. The van der Waals surface area contributed by atoms with Gasteiger partial charge in [0.1, 0.15) is 0 Å². The highest BCUT2D eigenvalue weighted by Crippen LogP contribution is 2.53. The normalized spacial score (nSPS) is 32.9. The molecule has 1 aromatic carbocycles. The smallest absolute Gasteiger partial charge is 0.236 e. The molecule has 27 heavy (non-hydrogen) atoms. The van der Waals surface area contributed by atoms with Crippen molar-refractivity contribution >= 4 is 17.4 Å². The molecule has 0 aromatic heterocycles. The number of amides is 1. The number of rotatable bonds is 4. The highest BCUT2D eigenvalue weighted by atomic mass is 16.5. The van der Waals surface area contributed by atoms with Gasteiger partial charge >= 0.3 is 0 Å². The summed E-state index contributed by atoms with van der Waals surface area (Å²) in [4.78, 5) is 28.0. The quantitative estimate of drug-likeness (QED) is 0.655. The number of Topliss-reactive ketones (excluding diaryl/α,β-unsaturated/α-hetero) is 1. The van der Waals surface area contributed by atoms with Crippen LogP contribution in [0.1, 0.15) is 38.7 Å². The Morgan fingerprint density at radius 3 is 2.89 bits per heavy atom. The monoisotopic (exact) mass is 368 g/mol. The van der Waals surface area contributed by atoms with Crippen molar-refractivity contribution in [3.8, 4) is 0 Å². The first-order valence-corrected chi connectivity index (χ1v) is 9.91. The second-order valence-corrected chi connectivity index (χ2v) is 8.11. The molecule has 2 saturated heterocycles. The molecule has 3 aliphatic heterocycles. The molecule has 0 saturated carbocycles. The molecule has 1 amide bonds. The predicted molar refractivity (Wildman–Crippen MR) is 104 cm³/mol. The molecule has 1 aromatic rings. The lowest BCUT2D eigenvalue weighted by molar-refractivity contribution is -0.122. The molecule has 1 N–H and O–H groups in total. The van der Waals surface area contributed by atoms with Gasteiger partial charge in [-0.3, -0.25) is 14.5 Å². The molecule has 0 radical (unpaired) electrons. The van der Waals surface area contributed by atoms with Crippen molar-refractivity contribution in [2.24, 2.45) is 11.8 Å². The number of ketones is 1. The number of piperidine rings is 1. The Balaban J connectivity index is 1.75. The average molecular weight is 368 g/mol. The highest BCUT2D eigenvalue weighted by molar-refractivity contribution is 6.07. The summed E-state index contributed by atoms with van der Waals surface area (Å²) in [6.45, 7) is 5.66. The fraction of sp³-hybridized carbons (Fsp3) is 0.545. The molecule has 3 aliphatic rings. The van der Waals surface area contributed by atoms with Crippen LogP contribution < -0.4 is 5.32 Å². The van der Waals surface area contributed by atoms with Crippen molar-refractivity contribution < 1.29 is 14.3 Å². The third kappa shape index (κ3) is 2.63. The van der Waals surface area contributed by atoms with E-state index >= 15 is 0 Å². The first kappa shape index (κ1) is 18.2. The van der Waals surface area contributed by atoms with E-state index in [2.05, 4.69) is 23.2 Å². The van der Waals surface area contributed by atoms with Crippen LogP contribution in [-0.2, 0) is 19.7 Å². The Morgan fingerprint density at radius 2 is 2.19 bits per heavy atom. The van der Waals surface area contributed by atoms with Gasteiger partial charge in [-0.1, -0.05) is 31.5 Å². The van der Waals surface area contributed by atoms with E-state index in [1.807, 2.05) is 18.2 Å². The molecule has 4 atom stereocenters. The summed E-state index contributed by atoms with van der Waals surface area (Å²) in [6, 6.07) is 8.19. The number of allylic oxidation sites excluding steroid dienone is 1. The topological polar surface area (TPSA) is 58.6 Å². The lowest BCUT2D eigenvalue weighted by Crippen LogP contribution is -2.53. The van der Waals surface area contributed by atoms with Crippen LogP contribution in [0.25, 0.3) is 0 Å². The van der Waals surface area contributed by atoms with Gasteiger partial charge in [0.05, 0.1) is 18.8 Å². The van der Waals surface area contributed by atoms with E-state index in [0.29, 0.717) is 5.92 Å². The number of hydrogen-bond acceptors (Lipinski definition) is 4. The maximum Gasteiger partial charge on any atom is 0.236 e. The van der Waals surface area contributed by atoms with Gasteiger partial charge in [-0.05, 0) is 49.8 Å². The molecule has 5 nitrogen and oxygen atoms in total. The predicted octanol–water partition coefficient (Wildman–Crippen LogP) is 3.12. The van der Waals surface area contributed by atoms with Crippen molar-refractivity contribution in [1.82, 2.24) is 4.90 Å². The SMILES string of the molecule is CC[C@@H]1CN2CC[C@]3(C(=O)Nc4ccccc43)C2C[C@@H]1C(=COC)C(C)=O. The van der Waals surface area contributed by atoms with Gasteiger partial charge < -0.3 is 10.1 Å². The maximum atomic E-state index is 13.2. The first-order chi connectivity index (χ1) is 13.0. The number of ether oxygens (including phenoxy) is 1. The minimum atomic E-state index is -0.497. The van der Waals surface area contributed by atoms with Crippen molar-refractivity contribution in [2.45, 2.75) is 44.6 Å². The third-order valence-corrected chi connectivity index (χ3v) is 6.95. The summed E-state index contributed by atoms with van der Waals surface area (Å²) in [5, 5.41) is 3.11. The number of carbonyl (C=O) groups is 2. The highest BCUT2D eigenvalue weighted by Gasteiger charge is 2.59. The number of carbonyl (C=O) groups excluding carboxylic acids is 2.